The Morgan fingerprint density at radius 2 is 2.00 bits per heavy atom. The van der Waals surface area contributed by atoms with Gasteiger partial charge < -0.3 is 10.3 Å². The maximum absolute atomic E-state index is 12.6. The second-order valence-corrected chi connectivity index (χ2v) is 9.09. The van der Waals surface area contributed by atoms with Gasteiger partial charge in [0.2, 0.25) is 5.91 Å². The second kappa shape index (κ2) is 9.75. The van der Waals surface area contributed by atoms with Crippen molar-refractivity contribution in [3.8, 4) is 0 Å². The summed E-state index contributed by atoms with van der Waals surface area (Å²) in [5.41, 5.74) is 2.32. The first-order valence-corrected chi connectivity index (χ1v) is 12.0. The van der Waals surface area contributed by atoms with E-state index < -0.39 is 0 Å². The largest absolute Gasteiger partial charge is 0.354 e. The molecular weight excluding hydrogens is 408 g/mol. The molecule has 6 nitrogen and oxygen atoms in total. The topological polar surface area (TPSA) is 78.1 Å². The lowest BCUT2D eigenvalue weighted by Crippen LogP contribution is -2.38. The van der Waals surface area contributed by atoms with Crippen molar-refractivity contribution >= 4 is 27.5 Å². The number of rotatable bonds is 9. The van der Waals surface area contributed by atoms with E-state index in [2.05, 4.69) is 46.2 Å². The average molecular weight is 439 g/mol. The monoisotopic (exact) mass is 438 g/mol. The molecule has 7 heteroatoms. The smallest absolute Gasteiger partial charge is 0.259 e. The molecule has 31 heavy (non-hydrogen) atoms. The minimum absolute atomic E-state index is 0.0236. The summed E-state index contributed by atoms with van der Waals surface area (Å²) in [4.78, 5) is 37.2. The molecule has 0 bridgehead atoms. The molecule has 0 aliphatic heterocycles. The van der Waals surface area contributed by atoms with Crippen molar-refractivity contribution in [1.82, 2.24) is 20.2 Å². The number of aryl methyl sites for hydroxylation is 3. The molecule has 1 aromatic carbocycles. The maximum Gasteiger partial charge on any atom is 0.259 e. The number of aromatic nitrogens is 2. The quantitative estimate of drug-likeness (QED) is 0.535. The number of carbonyl (C=O) groups excluding carboxylic acids is 1. The maximum atomic E-state index is 12.6. The van der Waals surface area contributed by atoms with Crippen molar-refractivity contribution in [2.75, 3.05) is 19.6 Å². The molecule has 1 aliphatic rings. The van der Waals surface area contributed by atoms with Crippen molar-refractivity contribution in [3.63, 3.8) is 0 Å². The summed E-state index contributed by atoms with van der Waals surface area (Å²) in [6.07, 6.45) is 3.87. The van der Waals surface area contributed by atoms with Gasteiger partial charge in [-0.15, -0.1) is 11.3 Å². The highest BCUT2D eigenvalue weighted by atomic mass is 32.1. The Morgan fingerprint density at radius 1 is 1.23 bits per heavy atom. The number of nitrogens with one attached hydrogen (secondary N) is 2. The molecule has 1 atom stereocenters. The summed E-state index contributed by atoms with van der Waals surface area (Å²) < 4.78 is 0. The zero-order valence-corrected chi connectivity index (χ0v) is 19.1. The molecule has 2 aromatic heterocycles. The van der Waals surface area contributed by atoms with E-state index >= 15 is 0 Å². The van der Waals surface area contributed by atoms with Gasteiger partial charge in [0.15, 0.2) is 0 Å². The van der Waals surface area contributed by atoms with Gasteiger partial charge in [-0.25, -0.2) is 4.98 Å². The molecule has 1 aliphatic carbocycles. The predicted octanol–water partition coefficient (Wildman–Crippen LogP) is 3.61. The lowest BCUT2D eigenvalue weighted by Gasteiger charge is -2.30. The van der Waals surface area contributed by atoms with Crippen LogP contribution in [-0.2, 0) is 24.1 Å². The number of benzene rings is 1. The summed E-state index contributed by atoms with van der Waals surface area (Å²) in [6, 6.07) is 10.4. The molecule has 1 amide bonds. The van der Waals surface area contributed by atoms with E-state index in [9.17, 15) is 9.59 Å². The molecule has 164 valence electrons. The van der Waals surface area contributed by atoms with Crippen molar-refractivity contribution < 1.29 is 4.79 Å². The van der Waals surface area contributed by atoms with Gasteiger partial charge in [-0.1, -0.05) is 44.2 Å². The fraction of sp³-hybridized carbons (Fsp3) is 0.458. The normalized spacial score (nSPS) is 14.2. The van der Waals surface area contributed by atoms with E-state index in [4.69, 9.17) is 0 Å². The van der Waals surface area contributed by atoms with Gasteiger partial charge >= 0.3 is 0 Å². The van der Waals surface area contributed by atoms with Crippen molar-refractivity contribution in [2.24, 2.45) is 0 Å². The Labute approximate surface area is 186 Å². The number of amides is 1. The van der Waals surface area contributed by atoms with Crippen LogP contribution in [0.1, 0.15) is 54.6 Å². The van der Waals surface area contributed by atoms with Crippen molar-refractivity contribution in [2.45, 2.75) is 52.0 Å². The van der Waals surface area contributed by atoms with E-state index in [0.29, 0.717) is 25.2 Å². The Balaban J connectivity index is 1.39. The summed E-state index contributed by atoms with van der Waals surface area (Å²) in [5, 5.41) is 3.85. The minimum Gasteiger partial charge on any atom is -0.354 e. The Morgan fingerprint density at radius 3 is 2.74 bits per heavy atom. The van der Waals surface area contributed by atoms with Gasteiger partial charge in [0, 0.05) is 24.3 Å². The average Bonchev–Trinajstić information content (AvgIpc) is 3.36. The summed E-state index contributed by atoms with van der Waals surface area (Å²) in [6.45, 7) is 6.68. The van der Waals surface area contributed by atoms with E-state index in [0.717, 1.165) is 42.6 Å². The Kier molecular flexibility index (Phi) is 6.83. The zero-order chi connectivity index (χ0) is 21.8. The van der Waals surface area contributed by atoms with Gasteiger partial charge in [-0.3, -0.25) is 14.5 Å². The summed E-state index contributed by atoms with van der Waals surface area (Å²) in [7, 11) is 0. The minimum atomic E-state index is -0.0644. The van der Waals surface area contributed by atoms with Crippen molar-refractivity contribution in [3.05, 3.63) is 62.5 Å². The first-order valence-electron chi connectivity index (χ1n) is 11.2. The van der Waals surface area contributed by atoms with Crippen LogP contribution in [-0.4, -0.2) is 40.4 Å². The Hall–Kier alpha value is -2.51. The molecule has 3 aromatic rings. The zero-order valence-electron chi connectivity index (χ0n) is 18.2. The molecule has 2 N–H and O–H groups in total. The number of nitrogens with zero attached hydrogens (tertiary/aromatic N) is 2. The van der Waals surface area contributed by atoms with Gasteiger partial charge in [0.25, 0.3) is 5.56 Å². The first-order chi connectivity index (χ1) is 15.1. The number of hydrogen-bond acceptors (Lipinski definition) is 5. The molecule has 0 spiro atoms. The number of thiophene rings is 1. The van der Waals surface area contributed by atoms with E-state index in [-0.39, 0.29) is 17.5 Å². The molecular formula is C24H30N4O2S. The highest BCUT2D eigenvalue weighted by molar-refractivity contribution is 7.18. The van der Waals surface area contributed by atoms with E-state index in [1.54, 1.807) is 11.3 Å². The number of H-pyrrole nitrogens is 1. The number of carbonyl (C=O) groups is 1. The first kappa shape index (κ1) is 21.7. The van der Waals surface area contributed by atoms with Crippen LogP contribution in [0.5, 0.6) is 0 Å². The highest BCUT2D eigenvalue weighted by Gasteiger charge is 2.22. The SMILES string of the molecule is CCN(CC)C(CNC(=O)CCc1nc2sc3c(c2c(=O)[nH]1)CCC3)c1ccccc1. The number of hydrogen-bond donors (Lipinski definition) is 2. The van der Waals surface area contributed by atoms with Crippen LogP contribution >= 0.6 is 11.3 Å². The molecule has 2 heterocycles. The molecule has 0 saturated carbocycles. The van der Waals surface area contributed by atoms with Crippen molar-refractivity contribution in [1.29, 1.82) is 0 Å². The molecule has 4 rings (SSSR count). The lowest BCUT2D eigenvalue weighted by atomic mass is 10.0. The third-order valence-electron chi connectivity index (χ3n) is 6.14. The predicted molar refractivity (Wildman–Crippen MR) is 126 cm³/mol. The summed E-state index contributed by atoms with van der Waals surface area (Å²) >= 11 is 1.63. The van der Waals surface area contributed by atoms with E-state index in [1.807, 2.05) is 18.2 Å². The number of aromatic amines is 1. The number of fused-ring (bicyclic) bond motifs is 3. The van der Waals surface area contributed by atoms with Crippen LogP contribution in [0.15, 0.2) is 35.1 Å². The molecule has 0 radical (unpaired) electrons. The molecule has 0 fully saturated rings. The van der Waals surface area contributed by atoms with Gasteiger partial charge in [-0.2, -0.15) is 0 Å². The second-order valence-electron chi connectivity index (χ2n) is 8.00. The lowest BCUT2D eigenvalue weighted by molar-refractivity contribution is -0.121. The van der Waals surface area contributed by atoms with Crippen LogP contribution in [0.4, 0.5) is 0 Å². The van der Waals surface area contributed by atoms with Crippen LogP contribution in [0, 0.1) is 0 Å². The standard InChI is InChI=1S/C24H30N4O2S/c1-3-28(4-2)18(16-9-6-5-7-10-16)15-25-21(29)14-13-20-26-23(30)22-17-11-8-12-19(17)31-24(22)27-20/h5-7,9-10,18H,3-4,8,11-15H2,1-2H3,(H,25,29)(H,26,27,30). The van der Waals surface area contributed by atoms with Crippen LogP contribution in [0.25, 0.3) is 10.2 Å². The Bertz CT molecular complexity index is 1100. The van der Waals surface area contributed by atoms with Gasteiger partial charge in [0.05, 0.1) is 11.4 Å². The van der Waals surface area contributed by atoms with Crippen LogP contribution < -0.4 is 10.9 Å². The third kappa shape index (κ3) is 4.72. The number of likely N-dealkylation sites (N-methyl/N-ethyl adjacent to an activating group) is 1. The third-order valence-corrected chi connectivity index (χ3v) is 7.33. The molecule has 0 saturated heterocycles. The molecule has 1 unspecified atom stereocenters. The highest BCUT2D eigenvalue weighted by Crippen LogP contribution is 2.34. The van der Waals surface area contributed by atoms with Crippen LogP contribution in [0.3, 0.4) is 0 Å². The van der Waals surface area contributed by atoms with Gasteiger partial charge in [0.1, 0.15) is 10.7 Å². The fourth-order valence-electron chi connectivity index (χ4n) is 4.49. The summed E-state index contributed by atoms with van der Waals surface area (Å²) in [5.74, 6) is 0.570. The van der Waals surface area contributed by atoms with E-state index in [1.165, 1.54) is 16.0 Å². The van der Waals surface area contributed by atoms with Gasteiger partial charge in [-0.05, 0) is 43.5 Å². The van der Waals surface area contributed by atoms with Crippen LogP contribution in [0.2, 0.25) is 0 Å². The fourth-order valence-corrected chi connectivity index (χ4v) is 5.77.